The van der Waals surface area contributed by atoms with Crippen LogP contribution in [-0.2, 0) is 9.53 Å². The van der Waals surface area contributed by atoms with E-state index in [-0.39, 0.29) is 24.0 Å². The lowest BCUT2D eigenvalue weighted by Crippen LogP contribution is -2.48. The van der Waals surface area contributed by atoms with Gasteiger partial charge in [0, 0.05) is 11.5 Å². The highest BCUT2D eigenvalue weighted by Crippen LogP contribution is 2.49. The third-order valence-corrected chi connectivity index (χ3v) is 3.75. The van der Waals surface area contributed by atoms with Crippen molar-refractivity contribution in [1.82, 2.24) is 4.90 Å². The number of ketones is 1. The zero-order valence-corrected chi connectivity index (χ0v) is 12.8. The standard InChI is InChI=1S/C15H25NO3/c1-14(2,3)12(17)11-8-9-7-10(9)16(11)13(18)19-15(4,5)6/h9-11H,7-8H2,1-6H3/t9?,10?,11-/m0/s1. The van der Waals surface area contributed by atoms with E-state index in [0.29, 0.717) is 5.92 Å². The molecule has 4 nitrogen and oxygen atoms in total. The number of nitrogens with zero attached hydrogens (tertiary/aromatic N) is 1. The van der Waals surface area contributed by atoms with Crippen LogP contribution in [0.4, 0.5) is 4.79 Å². The van der Waals surface area contributed by atoms with Gasteiger partial charge < -0.3 is 4.74 Å². The number of hydrogen-bond donors (Lipinski definition) is 0. The lowest BCUT2D eigenvalue weighted by Gasteiger charge is -2.32. The summed E-state index contributed by atoms with van der Waals surface area (Å²) < 4.78 is 5.45. The van der Waals surface area contributed by atoms with Gasteiger partial charge in [-0.3, -0.25) is 9.69 Å². The summed E-state index contributed by atoms with van der Waals surface area (Å²) in [5, 5.41) is 0. The molecular formula is C15H25NO3. The van der Waals surface area contributed by atoms with Crippen LogP contribution in [0, 0.1) is 11.3 Å². The number of amides is 1. The number of ether oxygens (including phenoxy) is 1. The van der Waals surface area contributed by atoms with Crippen LogP contribution < -0.4 is 0 Å². The van der Waals surface area contributed by atoms with E-state index < -0.39 is 11.0 Å². The maximum atomic E-state index is 12.5. The summed E-state index contributed by atoms with van der Waals surface area (Å²) in [5.41, 5.74) is -0.929. The first-order chi connectivity index (χ1) is 8.50. The molecule has 0 N–H and O–H groups in total. The number of likely N-dealkylation sites (tertiary alicyclic amines) is 1. The average molecular weight is 267 g/mol. The van der Waals surface area contributed by atoms with Crippen LogP contribution in [0.3, 0.4) is 0 Å². The summed E-state index contributed by atoms with van der Waals surface area (Å²) in [4.78, 5) is 26.5. The maximum absolute atomic E-state index is 12.5. The molecule has 1 heterocycles. The molecule has 3 atom stereocenters. The van der Waals surface area contributed by atoms with E-state index >= 15 is 0 Å². The average Bonchev–Trinajstić information content (AvgIpc) is 2.84. The summed E-state index contributed by atoms with van der Waals surface area (Å²) >= 11 is 0. The smallest absolute Gasteiger partial charge is 0.411 e. The zero-order valence-electron chi connectivity index (χ0n) is 12.8. The molecular weight excluding hydrogens is 242 g/mol. The van der Waals surface area contributed by atoms with Crippen LogP contribution >= 0.6 is 0 Å². The van der Waals surface area contributed by atoms with E-state index in [4.69, 9.17) is 4.74 Å². The Morgan fingerprint density at radius 2 is 1.63 bits per heavy atom. The number of piperidine rings is 1. The topological polar surface area (TPSA) is 46.6 Å². The van der Waals surface area contributed by atoms with Gasteiger partial charge in [0.15, 0.2) is 5.78 Å². The van der Waals surface area contributed by atoms with Gasteiger partial charge in [-0.25, -0.2) is 4.79 Å². The van der Waals surface area contributed by atoms with Gasteiger partial charge in [-0.15, -0.1) is 0 Å². The quantitative estimate of drug-likeness (QED) is 0.733. The van der Waals surface area contributed by atoms with Gasteiger partial charge in [-0.05, 0) is 39.5 Å². The van der Waals surface area contributed by atoms with Crippen molar-refractivity contribution in [2.45, 2.75) is 72.1 Å². The number of rotatable bonds is 1. The fraction of sp³-hybridized carbons (Fsp3) is 0.867. The molecule has 2 rings (SSSR count). The summed E-state index contributed by atoms with van der Waals surface area (Å²) in [5.74, 6) is 0.648. The molecule has 2 aliphatic rings. The van der Waals surface area contributed by atoms with E-state index in [9.17, 15) is 9.59 Å². The largest absolute Gasteiger partial charge is 0.444 e. The molecule has 2 fully saturated rings. The Morgan fingerprint density at radius 1 is 1.05 bits per heavy atom. The van der Waals surface area contributed by atoms with Crippen molar-refractivity contribution < 1.29 is 14.3 Å². The van der Waals surface area contributed by atoms with Crippen molar-refractivity contribution in [2.24, 2.45) is 11.3 Å². The highest BCUT2D eigenvalue weighted by molar-refractivity contribution is 5.92. The predicted molar refractivity (Wildman–Crippen MR) is 72.8 cm³/mol. The molecule has 2 unspecified atom stereocenters. The Bertz CT molecular complexity index is 403. The van der Waals surface area contributed by atoms with Crippen molar-refractivity contribution >= 4 is 11.9 Å². The van der Waals surface area contributed by atoms with Crippen molar-refractivity contribution in [3.8, 4) is 0 Å². The van der Waals surface area contributed by atoms with Crippen LogP contribution in [-0.4, -0.2) is 34.5 Å². The molecule has 1 amide bonds. The fourth-order valence-electron chi connectivity index (χ4n) is 2.77. The first-order valence-electron chi connectivity index (χ1n) is 7.06. The molecule has 108 valence electrons. The van der Waals surface area contributed by atoms with Crippen molar-refractivity contribution in [1.29, 1.82) is 0 Å². The fourth-order valence-corrected chi connectivity index (χ4v) is 2.77. The number of fused-ring (bicyclic) bond motifs is 1. The molecule has 1 aliphatic heterocycles. The Hall–Kier alpha value is -1.06. The second-order valence-electron chi connectivity index (χ2n) is 7.82. The molecule has 0 radical (unpaired) electrons. The van der Waals surface area contributed by atoms with Gasteiger partial charge in [0.25, 0.3) is 0 Å². The predicted octanol–water partition coefficient (Wildman–Crippen LogP) is 3.00. The Labute approximate surface area is 115 Å². The number of carbonyl (C=O) groups excluding carboxylic acids is 2. The SMILES string of the molecule is CC(C)(C)OC(=O)N1C2CC2C[C@H]1C(=O)C(C)(C)C. The monoisotopic (exact) mass is 267 g/mol. The molecule has 0 spiro atoms. The van der Waals surface area contributed by atoms with Crippen molar-refractivity contribution in [3.05, 3.63) is 0 Å². The van der Waals surface area contributed by atoms with Crippen LogP contribution in [0.15, 0.2) is 0 Å². The summed E-state index contributed by atoms with van der Waals surface area (Å²) in [6, 6.07) is -0.0650. The van der Waals surface area contributed by atoms with Crippen LogP contribution in [0.2, 0.25) is 0 Å². The molecule has 1 aliphatic carbocycles. The van der Waals surface area contributed by atoms with Crippen LogP contribution in [0.5, 0.6) is 0 Å². The number of Topliss-reactive ketones (excluding diaryl/α,β-unsaturated/α-hetero) is 1. The first kappa shape index (κ1) is 14.4. The second kappa shape index (κ2) is 4.22. The van der Waals surface area contributed by atoms with E-state index in [1.807, 2.05) is 41.5 Å². The minimum atomic E-state index is -0.514. The van der Waals surface area contributed by atoms with E-state index in [1.165, 1.54) is 0 Å². The molecule has 0 aromatic carbocycles. The third-order valence-electron chi connectivity index (χ3n) is 3.75. The third kappa shape index (κ3) is 2.93. The highest BCUT2D eigenvalue weighted by Gasteiger charge is 2.58. The molecule has 0 aromatic rings. The van der Waals surface area contributed by atoms with Gasteiger partial charge in [-0.2, -0.15) is 0 Å². The second-order valence-corrected chi connectivity index (χ2v) is 7.82. The Balaban J connectivity index is 2.13. The summed E-state index contributed by atoms with van der Waals surface area (Å²) in [6.45, 7) is 11.3. The van der Waals surface area contributed by atoms with E-state index in [0.717, 1.165) is 12.8 Å². The molecule has 1 saturated carbocycles. The van der Waals surface area contributed by atoms with Gasteiger partial charge in [0.1, 0.15) is 5.60 Å². The molecule has 4 heteroatoms. The van der Waals surface area contributed by atoms with Gasteiger partial charge in [0.2, 0.25) is 0 Å². The van der Waals surface area contributed by atoms with Crippen LogP contribution in [0.25, 0.3) is 0 Å². The normalized spacial score (nSPS) is 30.0. The summed E-state index contributed by atoms with van der Waals surface area (Å²) in [7, 11) is 0. The maximum Gasteiger partial charge on any atom is 0.411 e. The molecule has 19 heavy (non-hydrogen) atoms. The number of hydrogen-bond acceptors (Lipinski definition) is 3. The Morgan fingerprint density at radius 3 is 2.11 bits per heavy atom. The number of carbonyl (C=O) groups is 2. The van der Waals surface area contributed by atoms with E-state index in [1.54, 1.807) is 4.90 Å². The van der Waals surface area contributed by atoms with E-state index in [2.05, 4.69) is 0 Å². The lowest BCUT2D eigenvalue weighted by molar-refractivity contribution is -0.131. The lowest BCUT2D eigenvalue weighted by atomic mass is 9.85. The zero-order chi connectivity index (χ0) is 14.6. The van der Waals surface area contributed by atoms with Gasteiger partial charge >= 0.3 is 6.09 Å². The minimum Gasteiger partial charge on any atom is -0.444 e. The van der Waals surface area contributed by atoms with Crippen LogP contribution in [0.1, 0.15) is 54.4 Å². The van der Waals surface area contributed by atoms with Crippen molar-refractivity contribution in [3.63, 3.8) is 0 Å². The minimum absolute atomic E-state index is 0.144. The highest BCUT2D eigenvalue weighted by atomic mass is 16.6. The first-order valence-corrected chi connectivity index (χ1v) is 7.06. The Kier molecular flexibility index (Phi) is 3.19. The summed E-state index contributed by atoms with van der Waals surface area (Å²) in [6.07, 6.45) is 1.49. The van der Waals surface area contributed by atoms with Crippen molar-refractivity contribution in [2.75, 3.05) is 0 Å². The van der Waals surface area contributed by atoms with Gasteiger partial charge in [0.05, 0.1) is 6.04 Å². The molecule has 0 aromatic heterocycles. The van der Waals surface area contributed by atoms with Gasteiger partial charge in [-0.1, -0.05) is 20.8 Å². The molecule has 0 bridgehead atoms. The molecule has 1 saturated heterocycles.